The molecule has 1 aromatic heterocycles. The Morgan fingerprint density at radius 2 is 2.25 bits per heavy atom. The molecule has 20 heavy (non-hydrogen) atoms. The van der Waals surface area contributed by atoms with Crippen LogP contribution < -0.4 is 10.1 Å². The molecule has 1 heterocycles. The second-order valence-electron chi connectivity index (χ2n) is 4.47. The third-order valence-corrected chi connectivity index (χ3v) is 3.67. The number of halogens is 2. The number of nitrogens with one attached hydrogen (secondary N) is 1. The van der Waals surface area contributed by atoms with Crippen molar-refractivity contribution in [3.63, 3.8) is 0 Å². The first-order valence-electron chi connectivity index (χ1n) is 6.24. The molecule has 1 unspecified atom stereocenters. The first-order chi connectivity index (χ1) is 9.58. The summed E-state index contributed by atoms with van der Waals surface area (Å²) in [5.41, 5.74) is 1.34. The topological polar surface area (TPSA) is 39.1 Å². The monoisotopic (exact) mass is 297 g/mol. The van der Waals surface area contributed by atoms with Crippen LogP contribution >= 0.6 is 11.6 Å². The molecule has 1 aromatic carbocycles. The standard InChI is InChI=1S/C14H17ClFN3O/c1-17-12(14-13(20-3)8-18-19(14)2)7-9-10(15)5-4-6-11(9)16/h4-6,8,12,17H,7H2,1-3H3. The molecule has 0 spiro atoms. The summed E-state index contributed by atoms with van der Waals surface area (Å²) in [7, 11) is 5.22. The van der Waals surface area contributed by atoms with Gasteiger partial charge in [0.05, 0.1) is 25.0 Å². The number of hydrogen-bond donors (Lipinski definition) is 1. The van der Waals surface area contributed by atoms with Gasteiger partial charge in [0.15, 0.2) is 5.75 Å². The van der Waals surface area contributed by atoms with E-state index in [0.717, 1.165) is 5.69 Å². The van der Waals surface area contributed by atoms with Crippen LogP contribution in [0.2, 0.25) is 5.02 Å². The van der Waals surface area contributed by atoms with Crippen LogP contribution in [-0.2, 0) is 13.5 Å². The Morgan fingerprint density at radius 1 is 1.50 bits per heavy atom. The fourth-order valence-corrected chi connectivity index (χ4v) is 2.49. The molecule has 2 rings (SSSR count). The quantitative estimate of drug-likeness (QED) is 0.922. The minimum Gasteiger partial charge on any atom is -0.493 e. The lowest BCUT2D eigenvalue weighted by atomic mass is 10.0. The molecular formula is C14H17ClFN3O. The van der Waals surface area contributed by atoms with Crippen LogP contribution in [0.15, 0.2) is 24.4 Å². The summed E-state index contributed by atoms with van der Waals surface area (Å²) in [6.07, 6.45) is 2.06. The number of nitrogens with zero attached hydrogens (tertiary/aromatic N) is 2. The highest BCUT2D eigenvalue weighted by atomic mass is 35.5. The average molecular weight is 298 g/mol. The van der Waals surface area contributed by atoms with Crippen molar-refractivity contribution in [3.8, 4) is 5.75 Å². The van der Waals surface area contributed by atoms with Crippen LogP contribution in [0.25, 0.3) is 0 Å². The lowest BCUT2D eigenvalue weighted by Crippen LogP contribution is -2.23. The van der Waals surface area contributed by atoms with Gasteiger partial charge in [-0.2, -0.15) is 5.10 Å². The second-order valence-corrected chi connectivity index (χ2v) is 4.87. The first kappa shape index (κ1) is 14.8. The van der Waals surface area contributed by atoms with E-state index in [1.54, 1.807) is 30.1 Å². The molecule has 0 aliphatic carbocycles. The van der Waals surface area contributed by atoms with Crippen molar-refractivity contribution in [2.24, 2.45) is 7.05 Å². The molecule has 4 nitrogen and oxygen atoms in total. The Labute approximate surface area is 122 Å². The first-order valence-corrected chi connectivity index (χ1v) is 6.62. The molecule has 0 saturated heterocycles. The predicted molar refractivity (Wildman–Crippen MR) is 76.7 cm³/mol. The fraction of sp³-hybridized carbons (Fsp3) is 0.357. The van der Waals surface area contributed by atoms with Gasteiger partial charge >= 0.3 is 0 Å². The Balaban J connectivity index is 2.36. The van der Waals surface area contributed by atoms with Crippen molar-refractivity contribution in [3.05, 3.63) is 46.5 Å². The van der Waals surface area contributed by atoms with Gasteiger partial charge in [0.2, 0.25) is 0 Å². The van der Waals surface area contributed by atoms with E-state index in [-0.39, 0.29) is 11.9 Å². The van der Waals surface area contributed by atoms with E-state index < -0.39 is 0 Å². The van der Waals surface area contributed by atoms with Crippen molar-refractivity contribution in [1.82, 2.24) is 15.1 Å². The summed E-state index contributed by atoms with van der Waals surface area (Å²) >= 11 is 6.08. The maximum absolute atomic E-state index is 13.9. The van der Waals surface area contributed by atoms with Gasteiger partial charge in [-0.25, -0.2) is 4.39 Å². The normalized spacial score (nSPS) is 12.4. The van der Waals surface area contributed by atoms with Gasteiger partial charge in [0.1, 0.15) is 5.82 Å². The Bertz CT molecular complexity index is 580. The van der Waals surface area contributed by atoms with E-state index in [4.69, 9.17) is 16.3 Å². The Kier molecular flexibility index (Phi) is 4.62. The van der Waals surface area contributed by atoms with Crippen molar-refractivity contribution in [2.75, 3.05) is 14.2 Å². The molecule has 0 fully saturated rings. The van der Waals surface area contributed by atoms with E-state index in [9.17, 15) is 4.39 Å². The summed E-state index contributed by atoms with van der Waals surface area (Å²) in [6, 6.07) is 4.55. The van der Waals surface area contributed by atoms with Gasteiger partial charge in [0.25, 0.3) is 0 Å². The zero-order chi connectivity index (χ0) is 14.7. The molecule has 0 saturated carbocycles. The number of likely N-dealkylation sites (N-methyl/N-ethyl adjacent to an activating group) is 1. The van der Waals surface area contributed by atoms with Crippen LogP contribution in [0, 0.1) is 5.82 Å². The zero-order valence-corrected chi connectivity index (χ0v) is 12.4. The predicted octanol–water partition coefficient (Wildman–Crippen LogP) is 2.72. The van der Waals surface area contributed by atoms with Gasteiger partial charge in [0, 0.05) is 17.6 Å². The van der Waals surface area contributed by atoms with Crippen molar-refractivity contribution >= 4 is 11.6 Å². The second kappa shape index (κ2) is 6.24. The van der Waals surface area contributed by atoms with Gasteiger partial charge in [-0.1, -0.05) is 17.7 Å². The maximum atomic E-state index is 13.9. The van der Waals surface area contributed by atoms with Crippen molar-refractivity contribution in [1.29, 1.82) is 0 Å². The molecule has 108 valence electrons. The van der Waals surface area contributed by atoms with Gasteiger partial charge in [-0.05, 0) is 25.6 Å². The number of benzene rings is 1. The number of aryl methyl sites for hydroxylation is 1. The van der Waals surface area contributed by atoms with Crippen molar-refractivity contribution in [2.45, 2.75) is 12.5 Å². The number of aromatic nitrogens is 2. The van der Waals surface area contributed by atoms with E-state index >= 15 is 0 Å². The summed E-state index contributed by atoms with van der Waals surface area (Å²) < 4.78 is 20.9. The van der Waals surface area contributed by atoms with E-state index in [1.807, 2.05) is 14.1 Å². The molecule has 0 bridgehead atoms. The smallest absolute Gasteiger partial charge is 0.161 e. The SMILES string of the molecule is CNC(Cc1c(F)cccc1Cl)c1c(OC)cnn1C. The summed E-state index contributed by atoms with van der Waals surface area (Å²) in [5.74, 6) is 0.359. The third kappa shape index (κ3) is 2.78. The summed E-state index contributed by atoms with van der Waals surface area (Å²) in [4.78, 5) is 0. The molecule has 6 heteroatoms. The van der Waals surface area contributed by atoms with Crippen LogP contribution in [0.4, 0.5) is 4.39 Å². The Hall–Kier alpha value is -1.59. The van der Waals surface area contributed by atoms with Crippen LogP contribution in [0.1, 0.15) is 17.3 Å². The third-order valence-electron chi connectivity index (χ3n) is 3.32. The Morgan fingerprint density at radius 3 is 2.85 bits per heavy atom. The van der Waals surface area contributed by atoms with E-state index in [1.165, 1.54) is 6.07 Å². The molecule has 2 aromatic rings. The summed E-state index contributed by atoms with van der Waals surface area (Å²) in [5, 5.41) is 7.75. The van der Waals surface area contributed by atoms with Gasteiger partial charge in [-0.15, -0.1) is 0 Å². The highest BCUT2D eigenvalue weighted by Crippen LogP contribution is 2.30. The maximum Gasteiger partial charge on any atom is 0.161 e. The number of hydrogen-bond acceptors (Lipinski definition) is 3. The van der Waals surface area contributed by atoms with Gasteiger partial charge < -0.3 is 10.1 Å². The summed E-state index contributed by atoms with van der Waals surface area (Å²) in [6.45, 7) is 0. The van der Waals surface area contributed by atoms with Crippen LogP contribution in [-0.4, -0.2) is 23.9 Å². The highest BCUT2D eigenvalue weighted by molar-refractivity contribution is 6.31. The lowest BCUT2D eigenvalue weighted by Gasteiger charge is -2.19. The van der Waals surface area contributed by atoms with E-state index in [0.29, 0.717) is 22.8 Å². The minimum atomic E-state index is -0.307. The van der Waals surface area contributed by atoms with Crippen LogP contribution in [0.3, 0.4) is 0 Å². The van der Waals surface area contributed by atoms with Gasteiger partial charge in [-0.3, -0.25) is 4.68 Å². The largest absolute Gasteiger partial charge is 0.493 e. The molecule has 0 aliphatic heterocycles. The van der Waals surface area contributed by atoms with Crippen LogP contribution in [0.5, 0.6) is 5.75 Å². The minimum absolute atomic E-state index is 0.146. The zero-order valence-electron chi connectivity index (χ0n) is 11.7. The molecule has 0 amide bonds. The van der Waals surface area contributed by atoms with Crippen molar-refractivity contribution < 1.29 is 9.13 Å². The highest BCUT2D eigenvalue weighted by Gasteiger charge is 2.22. The molecule has 0 aliphatic rings. The number of rotatable bonds is 5. The average Bonchev–Trinajstić information content (AvgIpc) is 2.80. The molecule has 0 radical (unpaired) electrons. The molecule has 1 N–H and O–H groups in total. The number of ether oxygens (including phenoxy) is 1. The van der Waals surface area contributed by atoms with E-state index in [2.05, 4.69) is 10.4 Å². The molecular weight excluding hydrogens is 281 g/mol. The lowest BCUT2D eigenvalue weighted by molar-refractivity contribution is 0.396. The number of methoxy groups -OCH3 is 1. The fourth-order valence-electron chi connectivity index (χ4n) is 2.25. The molecule has 1 atom stereocenters.